The molecule has 0 atom stereocenters. The summed E-state index contributed by atoms with van der Waals surface area (Å²) in [6.45, 7) is 3.44. The molecule has 0 radical (unpaired) electrons. The molecule has 1 aliphatic rings. The first-order valence-corrected chi connectivity index (χ1v) is 6.90. The number of aryl methyl sites for hydroxylation is 2. The minimum atomic E-state index is -0.199. The van der Waals surface area contributed by atoms with Gasteiger partial charge in [0, 0.05) is 24.8 Å². The van der Waals surface area contributed by atoms with Crippen molar-refractivity contribution in [3.8, 4) is 0 Å². The summed E-state index contributed by atoms with van der Waals surface area (Å²) in [5.41, 5.74) is 10.0. The molecule has 0 bridgehead atoms. The normalized spacial score (nSPS) is 13.9. The molecule has 2 heterocycles. The Morgan fingerprint density at radius 1 is 1.40 bits per heavy atom. The number of aromatic nitrogens is 2. The second kappa shape index (κ2) is 4.90. The molecular formula is C15H19FN4. The van der Waals surface area contributed by atoms with Gasteiger partial charge >= 0.3 is 0 Å². The monoisotopic (exact) mass is 274 g/mol. The number of hydrogen-bond acceptors (Lipinski definition) is 3. The molecule has 4 nitrogen and oxygen atoms in total. The van der Waals surface area contributed by atoms with Crippen molar-refractivity contribution in [2.75, 3.05) is 18.0 Å². The SMILES string of the molecule is Cc1nn(C)c(N2CCc3ccc(F)cc32)c1CCN. The summed E-state index contributed by atoms with van der Waals surface area (Å²) in [5, 5.41) is 4.50. The van der Waals surface area contributed by atoms with Crippen LogP contribution in [-0.2, 0) is 19.9 Å². The van der Waals surface area contributed by atoms with E-state index in [-0.39, 0.29) is 5.82 Å². The van der Waals surface area contributed by atoms with Crippen LogP contribution in [0.2, 0.25) is 0 Å². The summed E-state index contributed by atoms with van der Waals surface area (Å²) in [4.78, 5) is 2.16. The van der Waals surface area contributed by atoms with E-state index in [2.05, 4.69) is 10.00 Å². The first-order valence-electron chi connectivity index (χ1n) is 6.90. The fourth-order valence-corrected chi connectivity index (χ4v) is 3.04. The van der Waals surface area contributed by atoms with Crippen molar-refractivity contribution in [1.82, 2.24) is 9.78 Å². The predicted molar refractivity (Wildman–Crippen MR) is 77.8 cm³/mol. The average molecular weight is 274 g/mol. The summed E-state index contributed by atoms with van der Waals surface area (Å²) in [6.07, 6.45) is 1.72. The van der Waals surface area contributed by atoms with Crippen molar-refractivity contribution < 1.29 is 4.39 Å². The van der Waals surface area contributed by atoms with E-state index >= 15 is 0 Å². The van der Waals surface area contributed by atoms with Crippen molar-refractivity contribution in [3.05, 3.63) is 40.8 Å². The summed E-state index contributed by atoms with van der Waals surface area (Å²) in [7, 11) is 1.93. The Labute approximate surface area is 118 Å². The van der Waals surface area contributed by atoms with Crippen LogP contribution in [0.25, 0.3) is 0 Å². The summed E-state index contributed by atoms with van der Waals surface area (Å²) in [6, 6.07) is 5.00. The second-order valence-electron chi connectivity index (χ2n) is 5.22. The van der Waals surface area contributed by atoms with Gasteiger partial charge in [-0.05, 0) is 44.0 Å². The van der Waals surface area contributed by atoms with E-state index in [1.165, 1.54) is 11.6 Å². The summed E-state index contributed by atoms with van der Waals surface area (Å²) in [5.74, 6) is 0.840. The van der Waals surface area contributed by atoms with E-state index in [0.717, 1.165) is 42.1 Å². The lowest BCUT2D eigenvalue weighted by Crippen LogP contribution is -2.19. The van der Waals surface area contributed by atoms with Crippen LogP contribution < -0.4 is 10.6 Å². The van der Waals surface area contributed by atoms with Gasteiger partial charge in [0.1, 0.15) is 11.6 Å². The van der Waals surface area contributed by atoms with Crippen LogP contribution in [0.3, 0.4) is 0 Å². The van der Waals surface area contributed by atoms with E-state index in [1.54, 1.807) is 6.07 Å². The third-order valence-electron chi connectivity index (χ3n) is 3.91. The Balaban J connectivity index is 2.10. The molecule has 5 heteroatoms. The van der Waals surface area contributed by atoms with Crippen molar-refractivity contribution in [1.29, 1.82) is 0 Å². The van der Waals surface area contributed by atoms with Gasteiger partial charge in [-0.2, -0.15) is 5.10 Å². The fraction of sp³-hybridized carbons (Fsp3) is 0.400. The maximum Gasteiger partial charge on any atom is 0.134 e. The van der Waals surface area contributed by atoms with Crippen LogP contribution >= 0.6 is 0 Å². The highest BCUT2D eigenvalue weighted by Gasteiger charge is 2.26. The Kier molecular flexibility index (Phi) is 3.22. The van der Waals surface area contributed by atoms with E-state index in [4.69, 9.17) is 5.73 Å². The van der Waals surface area contributed by atoms with Crippen molar-refractivity contribution >= 4 is 11.5 Å². The van der Waals surface area contributed by atoms with E-state index in [0.29, 0.717) is 6.54 Å². The Morgan fingerprint density at radius 3 is 2.95 bits per heavy atom. The van der Waals surface area contributed by atoms with Gasteiger partial charge in [0.2, 0.25) is 0 Å². The average Bonchev–Trinajstić information content (AvgIpc) is 2.92. The molecule has 0 saturated heterocycles. The smallest absolute Gasteiger partial charge is 0.134 e. The van der Waals surface area contributed by atoms with E-state index in [9.17, 15) is 4.39 Å². The topological polar surface area (TPSA) is 47.1 Å². The number of fused-ring (bicyclic) bond motifs is 1. The number of rotatable bonds is 3. The number of nitrogens with two attached hydrogens (primary N) is 1. The quantitative estimate of drug-likeness (QED) is 0.932. The number of hydrogen-bond donors (Lipinski definition) is 1. The van der Waals surface area contributed by atoms with Crippen LogP contribution in [0, 0.1) is 12.7 Å². The summed E-state index contributed by atoms with van der Waals surface area (Å²) < 4.78 is 15.4. The summed E-state index contributed by atoms with van der Waals surface area (Å²) >= 11 is 0. The van der Waals surface area contributed by atoms with Crippen LogP contribution in [0.1, 0.15) is 16.8 Å². The minimum Gasteiger partial charge on any atom is -0.330 e. The molecule has 1 aromatic heterocycles. The Morgan fingerprint density at radius 2 is 2.20 bits per heavy atom. The second-order valence-corrected chi connectivity index (χ2v) is 5.22. The van der Waals surface area contributed by atoms with Gasteiger partial charge in [0.25, 0.3) is 0 Å². The molecule has 0 saturated carbocycles. The minimum absolute atomic E-state index is 0.199. The molecule has 0 amide bonds. The molecule has 20 heavy (non-hydrogen) atoms. The maximum atomic E-state index is 13.5. The first kappa shape index (κ1) is 13.1. The molecule has 0 fully saturated rings. The zero-order valence-corrected chi connectivity index (χ0v) is 11.9. The van der Waals surface area contributed by atoms with Crippen LogP contribution in [0.5, 0.6) is 0 Å². The zero-order chi connectivity index (χ0) is 14.3. The van der Waals surface area contributed by atoms with Crippen LogP contribution in [0.15, 0.2) is 18.2 Å². The van der Waals surface area contributed by atoms with Crippen molar-refractivity contribution in [2.45, 2.75) is 19.8 Å². The highest BCUT2D eigenvalue weighted by molar-refractivity contribution is 5.70. The lowest BCUT2D eigenvalue weighted by atomic mass is 10.1. The van der Waals surface area contributed by atoms with Gasteiger partial charge < -0.3 is 10.6 Å². The number of halogens is 1. The number of benzene rings is 1. The molecule has 0 aliphatic carbocycles. The number of anilines is 2. The van der Waals surface area contributed by atoms with Gasteiger partial charge in [-0.25, -0.2) is 4.39 Å². The van der Waals surface area contributed by atoms with E-state index < -0.39 is 0 Å². The standard InChI is InChI=1S/C15H19FN4/c1-10-13(5-7-17)15(19(2)18-10)20-8-6-11-3-4-12(16)9-14(11)20/h3-4,9H,5-8,17H2,1-2H3. The molecule has 1 aliphatic heterocycles. The molecule has 0 unspecified atom stereocenters. The molecule has 2 N–H and O–H groups in total. The molecule has 0 spiro atoms. The Bertz CT molecular complexity index is 648. The predicted octanol–water partition coefficient (Wildman–Crippen LogP) is 2.06. The number of nitrogens with zero attached hydrogens (tertiary/aromatic N) is 3. The Hall–Kier alpha value is -1.88. The van der Waals surface area contributed by atoms with Gasteiger partial charge in [0.15, 0.2) is 0 Å². The third-order valence-corrected chi connectivity index (χ3v) is 3.91. The van der Waals surface area contributed by atoms with Crippen LogP contribution in [0.4, 0.5) is 15.9 Å². The molecular weight excluding hydrogens is 255 g/mol. The maximum absolute atomic E-state index is 13.5. The molecule has 2 aromatic rings. The van der Waals surface area contributed by atoms with Crippen LogP contribution in [-0.4, -0.2) is 22.9 Å². The largest absolute Gasteiger partial charge is 0.330 e. The third kappa shape index (κ3) is 1.98. The highest BCUT2D eigenvalue weighted by atomic mass is 19.1. The van der Waals surface area contributed by atoms with Gasteiger partial charge in [-0.1, -0.05) is 6.07 Å². The van der Waals surface area contributed by atoms with Crippen molar-refractivity contribution in [2.24, 2.45) is 12.8 Å². The lowest BCUT2D eigenvalue weighted by Gasteiger charge is -2.21. The van der Waals surface area contributed by atoms with Crippen molar-refractivity contribution in [3.63, 3.8) is 0 Å². The van der Waals surface area contributed by atoms with E-state index in [1.807, 2.05) is 24.7 Å². The fourth-order valence-electron chi connectivity index (χ4n) is 3.04. The van der Waals surface area contributed by atoms with Gasteiger partial charge in [-0.3, -0.25) is 4.68 Å². The first-order chi connectivity index (χ1) is 9.61. The van der Waals surface area contributed by atoms with Gasteiger partial charge in [0.05, 0.1) is 5.69 Å². The zero-order valence-electron chi connectivity index (χ0n) is 11.9. The van der Waals surface area contributed by atoms with Gasteiger partial charge in [-0.15, -0.1) is 0 Å². The molecule has 106 valence electrons. The molecule has 3 rings (SSSR count). The lowest BCUT2D eigenvalue weighted by molar-refractivity contribution is 0.627. The highest BCUT2D eigenvalue weighted by Crippen LogP contribution is 2.37. The molecule has 1 aromatic carbocycles.